The maximum Gasteiger partial charge on any atom is 0.149 e. The van der Waals surface area contributed by atoms with Crippen molar-refractivity contribution in [3.05, 3.63) is 65.2 Å². The minimum Gasteiger partial charge on any atom is -0.367 e. The van der Waals surface area contributed by atoms with Crippen LogP contribution < -0.4 is 4.90 Å². The molecule has 4 heteroatoms. The molecule has 0 amide bonds. The first-order chi connectivity index (χ1) is 11.8. The van der Waals surface area contributed by atoms with Gasteiger partial charge in [-0.1, -0.05) is 45.0 Å². The number of hydrogen-bond donors (Lipinski definition) is 0. The lowest BCUT2D eigenvalue weighted by molar-refractivity contribution is 0.249. The highest BCUT2D eigenvalue weighted by molar-refractivity contribution is 5.48. The van der Waals surface area contributed by atoms with E-state index >= 15 is 0 Å². The second kappa shape index (κ2) is 7.12. The maximum atomic E-state index is 13.9. The van der Waals surface area contributed by atoms with E-state index < -0.39 is 11.6 Å². The molecule has 0 spiro atoms. The third kappa shape index (κ3) is 4.37. The van der Waals surface area contributed by atoms with Crippen molar-refractivity contribution in [2.24, 2.45) is 0 Å². The molecule has 1 saturated heterocycles. The Bertz CT molecular complexity index is 712. The van der Waals surface area contributed by atoms with Gasteiger partial charge in [-0.25, -0.2) is 8.78 Å². The highest BCUT2D eigenvalue weighted by Crippen LogP contribution is 2.24. The predicted octanol–water partition coefficient (Wildman–Crippen LogP) is 4.58. The first-order valence-corrected chi connectivity index (χ1v) is 8.85. The monoisotopic (exact) mass is 344 g/mol. The van der Waals surface area contributed by atoms with Crippen molar-refractivity contribution in [3.8, 4) is 0 Å². The highest BCUT2D eigenvalue weighted by atomic mass is 19.1. The summed E-state index contributed by atoms with van der Waals surface area (Å²) < 4.78 is 27.0. The normalized spacial score (nSPS) is 16.3. The van der Waals surface area contributed by atoms with Gasteiger partial charge in [0.1, 0.15) is 11.6 Å². The molecule has 1 heterocycles. The Labute approximate surface area is 149 Å². The van der Waals surface area contributed by atoms with Crippen molar-refractivity contribution < 1.29 is 8.78 Å². The van der Waals surface area contributed by atoms with Crippen molar-refractivity contribution in [2.45, 2.75) is 32.7 Å². The second-order valence-electron chi connectivity index (χ2n) is 7.81. The van der Waals surface area contributed by atoms with Gasteiger partial charge in [-0.15, -0.1) is 0 Å². The molecular weight excluding hydrogens is 318 g/mol. The molecule has 3 rings (SSSR count). The molecule has 0 radical (unpaired) electrons. The van der Waals surface area contributed by atoms with E-state index in [0.717, 1.165) is 38.8 Å². The zero-order chi connectivity index (χ0) is 18.0. The van der Waals surface area contributed by atoms with Crippen molar-refractivity contribution in [1.29, 1.82) is 0 Å². The van der Waals surface area contributed by atoms with Crippen molar-refractivity contribution in [2.75, 3.05) is 31.1 Å². The summed E-state index contributed by atoms with van der Waals surface area (Å²) in [5.41, 5.74) is 3.31. The van der Waals surface area contributed by atoms with E-state index in [1.165, 1.54) is 23.3 Å². The number of halogens is 2. The molecule has 134 valence electrons. The quantitative estimate of drug-likeness (QED) is 0.804. The molecule has 0 bridgehead atoms. The number of rotatable bonds is 3. The van der Waals surface area contributed by atoms with Crippen LogP contribution >= 0.6 is 0 Å². The first kappa shape index (κ1) is 17.9. The highest BCUT2D eigenvalue weighted by Gasteiger charge is 2.20. The molecule has 0 atom stereocenters. The van der Waals surface area contributed by atoms with E-state index in [1.54, 1.807) is 0 Å². The zero-order valence-corrected chi connectivity index (χ0v) is 15.2. The lowest BCUT2D eigenvalue weighted by Crippen LogP contribution is -2.46. The Balaban J connectivity index is 1.57. The average Bonchev–Trinajstić information content (AvgIpc) is 2.56. The number of nitrogens with zero attached hydrogens (tertiary/aromatic N) is 2. The van der Waals surface area contributed by atoms with E-state index in [0.29, 0.717) is 5.69 Å². The number of benzene rings is 2. The molecule has 1 fully saturated rings. The summed E-state index contributed by atoms with van der Waals surface area (Å²) in [6.45, 7) is 10.8. The van der Waals surface area contributed by atoms with Crippen LogP contribution in [0.4, 0.5) is 14.5 Å². The smallest absolute Gasteiger partial charge is 0.149 e. The van der Waals surface area contributed by atoms with Gasteiger partial charge in [0.2, 0.25) is 0 Å². The number of anilines is 1. The van der Waals surface area contributed by atoms with Gasteiger partial charge in [-0.3, -0.25) is 4.90 Å². The molecule has 2 nitrogen and oxygen atoms in total. The van der Waals surface area contributed by atoms with Crippen molar-refractivity contribution in [1.82, 2.24) is 4.90 Å². The van der Waals surface area contributed by atoms with Crippen molar-refractivity contribution >= 4 is 5.69 Å². The zero-order valence-electron chi connectivity index (χ0n) is 15.2. The largest absolute Gasteiger partial charge is 0.367 e. The van der Waals surface area contributed by atoms with Crippen LogP contribution in [-0.2, 0) is 12.0 Å². The van der Waals surface area contributed by atoms with Gasteiger partial charge < -0.3 is 4.90 Å². The molecule has 0 aromatic heterocycles. The predicted molar refractivity (Wildman–Crippen MR) is 99.0 cm³/mol. The molecule has 0 saturated carbocycles. The van der Waals surface area contributed by atoms with Gasteiger partial charge in [0, 0.05) is 38.8 Å². The van der Waals surface area contributed by atoms with Crippen LogP contribution in [0.2, 0.25) is 0 Å². The molecule has 1 aliphatic rings. The topological polar surface area (TPSA) is 6.48 Å². The van der Waals surface area contributed by atoms with Gasteiger partial charge in [-0.05, 0) is 28.7 Å². The molecule has 0 aliphatic carbocycles. The standard InChI is InChI=1S/C21H26F2N2/c1-21(2,3)17-6-4-16(5-7-17)15-24-10-12-25(13-11-24)20-9-8-18(22)14-19(20)23/h4-9,14H,10-13,15H2,1-3H3. The van der Waals surface area contributed by atoms with Gasteiger partial charge in [0.15, 0.2) is 0 Å². The Kier molecular flexibility index (Phi) is 5.09. The Morgan fingerprint density at radius 2 is 1.52 bits per heavy atom. The maximum absolute atomic E-state index is 13.9. The third-order valence-electron chi connectivity index (χ3n) is 4.85. The summed E-state index contributed by atoms with van der Waals surface area (Å²) >= 11 is 0. The van der Waals surface area contributed by atoms with E-state index in [4.69, 9.17) is 0 Å². The van der Waals surface area contributed by atoms with E-state index in [2.05, 4.69) is 49.9 Å². The SMILES string of the molecule is CC(C)(C)c1ccc(CN2CCN(c3ccc(F)cc3F)CC2)cc1. The number of piperazine rings is 1. The third-order valence-corrected chi connectivity index (χ3v) is 4.85. The van der Waals surface area contributed by atoms with Crippen LogP contribution in [0.15, 0.2) is 42.5 Å². The molecule has 0 unspecified atom stereocenters. The van der Waals surface area contributed by atoms with Crippen LogP contribution in [0.1, 0.15) is 31.9 Å². The van der Waals surface area contributed by atoms with Crippen LogP contribution in [-0.4, -0.2) is 31.1 Å². The minimum atomic E-state index is -0.529. The molecule has 0 N–H and O–H groups in total. The Morgan fingerprint density at radius 1 is 0.880 bits per heavy atom. The van der Waals surface area contributed by atoms with Crippen molar-refractivity contribution in [3.63, 3.8) is 0 Å². The summed E-state index contributed by atoms with van der Waals surface area (Å²) in [7, 11) is 0. The number of hydrogen-bond acceptors (Lipinski definition) is 2. The van der Waals surface area contributed by atoms with Crippen LogP contribution in [0, 0.1) is 11.6 Å². The fourth-order valence-electron chi connectivity index (χ4n) is 3.25. The van der Waals surface area contributed by atoms with Gasteiger partial charge in [-0.2, -0.15) is 0 Å². The van der Waals surface area contributed by atoms with Gasteiger partial charge in [0.25, 0.3) is 0 Å². The molecule has 2 aromatic carbocycles. The fraction of sp³-hybridized carbons (Fsp3) is 0.429. The van der Waals surface area contributed by atoms with E-state index in [1.807, 2.05) is 4.90 Å². The average molecular weight is 344 g/mol. The van der Waals surface area contributed by atoms with Gasteiger partial charge >= 0.3 is 0 Å². The first-order valence-electron chi connectivity index (χ1n) is 8.85. The summed E-state index contributed by atoms with van der Waals surface area (Å²) in [4.78, 5) is 4.37. The Morgan fingerprint density at radius 3 is 2.08 bits per heavy atom. The molecular formula is C21H26F2N2. The molecule has 2 aromatic rings. The lowest BCUT2D eigenvalue weighted by Gasteiger charge is -2.36. The van der Waals surface area contributed by atoms with Crippen LogP contribution in [0.25, 0.3) is 0 Å². The second-order valence-corrected chi connectivity index (χ2v) is 7.81. The summed E-state index contributed by atoms with van der Waals surface area (Å²) in [5.74, 6) is -1.01. The van der Waals surface area contributed by atoms with E-state index in [-0.39, 0.29) is 5.41 Å². The van der Waals surface area contributed by atoms with Gasteiger partial charge in [0.05, 0.1) is 5.69 Å². The lowest BCUT2D eigenvalue weighted by atomic mass is 9.87. The Hall–Kier alpha value is -1.94. The molecule has 1 aliphatic heterocycles. The van der Waals surface area contributed by atoms with Crippen LogP contribution in [0.5, 0.6) is 0 Å². The summed E-state index contributed by atoms with van der Waals surface area (Å²) in [6.07, 6.45) is 0. The summed E-state index contributed by atoms with van der Waals surface area (Å²) in [6, 6.07) is 12.6. The molecule has 25 heavy (non-hydrogen) atoms. The van der Waals surface area contributed by atoms with Crippen LogP contribution in [0.3, 0.4) is 0 Å². The fourth-order valence-corrected chi connectivity index (χ4v) is 3.25. The van der Waals surface area contributed by atoms with E-state index in [9.17, 15) is 8.78 Å². The summed E-state index contributed by atoms with van der Waals surface area (Å²) in [5, 5.41) is 0. The minimum absolute atomic E-state index is 0.170.